The van der Waals surface area contributed by atoms with Crippen LogP contribution in [0.3, 0.4) is 0 Å². The number of para-hydroxylation sites is 1. The summed E-state index contributed by atoms with van der Waals surface area (Å²) in [5.41, 5.74) is 1.39. The molecule has 152 valence electrons. The van der Waals surface area contributed by atoms with Gasteiger partial charge in [-0.3, -0.25) is 15.0 Å². The topological polar surface area (TPSA) is 72.3 Å². The molecule has 1 aliphatic rings. The second-order valence-electron chi connectivity index (χ2n) is 7.15. The molecule has 7 nitrogen and oxygen atoms in total. The van der Waals surface area contributed by atoms with E-state index in [1.165, 1.54) is 22.1 Å². The van der Waals surface area contributed by atoms with E-state index >= 15 is 0 Å². The van der Waals surface area contributed by atoms with Crippen LogP contribution in [-0.4, -0.2) is 50.9 Å². The fourth-order valence-corrected chi connectivity index (χ4v) is 4.15. The van der Waals surface area contributed by atoms with Gasteiger partial charge in [0.25, 0.3) is 5.91 Å². The number of aromatic nitrogens is 3. The first-order valence-corrected chi connectivity index (χ1v) is 10.3. The molecule has 0 aliphatic carbocycles. The molecule has 2 aromatic heterocycles. The number of benzene rings is 1. The second-order valence-corrected chi connectivity index (χ2v) is 8.00. The summed E-state index contributed by atoms with van der Waals surface area (Å²) in [6, 6.07) is 7.82. The largest absolute Gasteiger partial charge is 0.373 e. The summed E-state index contributed by atoms with van der Waals surface area (Å²) >= 11 is 1.37. The van der Waals surface area contributed by atoms with E-state index in [2.05, 4.69) is 34.1 Å². The fourth-order valence-electron chi connectivity index (χ4n) is 3.46. The molecule has 4 rings (SSSR count). The Balaban J connectivity index is 1.39. The lowest BCUT2D eigenvalue weighted by molar-refractivity contribution is -0.0707. The maximum atomic E-state index is 13.9. The Morgan fingerprint density at radius 1 is 1.28 bits per heavy atom. The maximum Gasteiger partial charge on any atom is 0.277 e. The van der Waals surface area contributed by atoms with Crippen LogP contribution in [0.25, 0.3) is 5.69 Å². The molecule has 2 unspecified atom stereocenters. The molecular formula is C20H22FN5O2S. The lowest BCUT2D eigenvalue weighted by Crippen LogP contribution is -2.44. The number of carbonyl (C=O) groups is 1. The van der Waals surface area contributed by atoms with Crippen LogP contribution in [0.1, 0.15) is 30.0 Å². The van der Waals surface area contributed by atoms with Gasteiger partial charge in [0.05, 0.1) is 17.9 Å². The zero-order chi connectivity index (χ0) is 20.4. The highest BCUT2D eigenvalue weighted by molar-refractivity contribution is 7.13. The monoisotopic (exact) mass is 415 g/mol. The molecule has 29 heavy (non-hydrogen) atoms. The molecule has 9 heteroatoms. The molecule has 3 aromatic rings. The molecule has 1 N–H and O–H groups in total. The Morgan fingerprint density at radius 2 is 2.03 bits per heavy atom. The van der Waals surface area contributed by atoms with Crippen molar-refractivity contribution in [3.05, 3.63) is 59.1 Å². The minimum absolute atomic E-state index is 0.195. The first-order valence-electron chi connectivity index (χ1n) is 9.42. The van der Waals surface area contributed by atoms with E-state index in [1.807, 2.05) is 5.38 Å². The van der Waals surface area contributed by atoms with Gasteiger partial charge >= 0.3 is 0 Å². The molecule has 0 bridgehead atoms. The van der Waals surface area contributed by atoms with Crippen LogP contribution in [0.4, 0.5) is 9.52 Å². The standard InChI is InChI=1S/C20H22FN5O2S/c1-13-9-25(10-14(2)28-13)11-15-12-29-20(22-15)23-19(27)17-7-8-26(24-17)18-6-4-3-5-16(18)21/h3-8,12-14H,9-11H2,1-2H3,(H,22,23,27). The van der Waals surface area contributed by atoms with Crippen molar-refractivity contribution in [2.45, 2.75) is 32.6 Å². The SMILES string of the molecule is CC1CN(Cc2csc(NC(=O)c3ccn(-c4ccccc4F)n3)n2)CC(C)O1. The highest BCUT2D eigenvalue weighted by Gasteiger charge is 2.23. The summed E-state index contributed by atoms with van der Waals surface area (Å²) in [4.78, 5) is 19.3. The Labute approximate surface area is 172 Å². The molecule has 3 heterocycles. The van der Waals surface area contributed by atoms with Crippen molar-refractivity contribution in [2.24, 2.45) is 0 Å². The first-order chi connectivity index (χ1) is 14.0. The van der Waals surface area contributed by atoms with Crippen molar-refractivity contribution >= 4 is 22.4 Å². The van der Waals surface area contributed by atoms with Crippen molar-refractivity contribution in [3.8, 4) is 5.69 Å². The number of hydrogen-bond acceptors (Lipinski definition) is 6. The Bertz CT molecular complexity index is 994. The van der Waals surface area contributed by atoms with Crippen LogP contribution in [0.15, 0.2) is 41.9 Å². The van der Waals surface area contributed by atoms with Gasteiger partial charge in [0.1, 0.15) is 11.5 Å². The van der Waals surface area contributed by atoms with Crippen molar-refractivity contribution < 1.29 is 13.9 Å². The fraction of sp³-hybridized carbons (Fsp3) is 0.350. The Kier molecular flexibility index (Phi) is 5.70. The van der Waals surface area contributed by atoms with Crippen molar-refractivity contribution in [1.29, 1.82) is 0 Å². The molecule has 1 aromatic carbocycles. The predicted molar refractivity (Wildman–Crippen MR) is 109 cm³/mol. The summed E-state index contributed by atoms with van der Waals surface area (Å²) in [5.74, 6) is -0.784. The molecule has 1 saturated heterocycles. The summed E-state index contributed by atoms with van der Waals surface area (Å²) in [7, 11) is 0. The third kappa shape index (κ3) is 4.69. The van der Waals surface area contributed by atoms with Crippen LogP contribution in [0.2, 0.25) is 0 Å². The van der Waals surface area contributed by atoms with Gasteiger partial charge in [-0.05, 0) is 32.0 Å². The molecule has 0 spiro atoms. The summed E-state index contributed by atoms with van der Waals surface area (Å²) < 4.78 is 21.0. The van der Waals surface area contributed by atoms with Crippen molar-refractivity contribution in [1.82, 2.24) is 19.7 Å². The van der Waals surface area contributed by atoms with E-state index in [0.29, 0.717) is 11.7 Å². The van der Waals surface area contributed by atoms with Gasteiger partial charge in [-0.2, -0.15) is 5.10 Å². The number of halogens is 1. The first kappa shape index (κ1) is 19.7. The molecule has 0 radical (unpaired) electrons. The molecule has 1 fully saturated rings. The van der Waals surface area contributed by atoms with Gasteiger partial charge in [-0.15, -0.1) is 11.3 Å². The average Bonchev–Trinajstić information content (AvgIpc) is 3.31. The summed E-state index contributed by atoms with van der Waals surface area (Å²) in [6.07, 6.45) is 1.95. The number of rotatable bonds is 5. The second kappa shape index (κ2) is 8.40. The van der Waals surface area contributed by atoms with E-state index in [-0.39, 0.29) is 29.5 Å². The Morgan fingerprint density at radius 3 is 2.79 bits per heavy atom. The number of carbonyl (C=O) groups excluding carboxylic acids is 1. The molecule has 0 saturated carbocycles. The maximum absolute atomic E-state index is 13.9. The van der Waals surface area contributed by atoms with Crippen molar-refractivity contribution in [2.75, 3.05) is 18.4 Å². The van der Waals surface area contributed by atoms with Gasteiger partial charge < -0.3 is 4.74 Å². The highest BCUT2D eigenvalue weighted by atomic mass is 32.1. The van der Waals surface area contributed by atoms with Gasteiger partial charge in [0.2, 0.25) is 0 Å². The normalized spacial score (nSPS) is 20.0. The van der Waals surface area contributed by atoms with Gasteiger partial charge in [-0.25, -0.2) is 14.1 Å². The number of hydrogen-bond donors (Lipinski definition) is 1. The van der Waals surface area contributed by atoms with Crippen LogP contribution in [0, 0.1) is 5.82 Å². The zero-order valence-electron chi connectivity index (χ0n) is 16.2. The highest BCUT2D eigenvalue weighted by Crippen LogP contribution is 2.20. The number of nitrogens with one attached hydrogen (secondary N) is 1. The van der Waals surface area contributed by atoms with Crippen molar-refractivity contribution in [3.63, 3.8) is 0 Å². The third-order valence-electron chi connectivity index (χ3n) is 4.57. The lowest BCUT2D eigenvalue weighted by Gasteiger charge is -2.34. The number of ether oxygens (including phenoxy) is 1. The van der Waals surface area contributed by atoms with E-state index in [0.717, 1.165) is 18.8 Å². The quantitative estimate of drug-likeness (QED) is 0.692. The van der Waals surface area contributed by atoms with Crippen LogP contribution in [0.5, 0.6) is 0 Å². The number of nitrogens with zero attached hydrogens (tertiary/aromatic N) is 4. The number of morpholine rings is 1. The zero-order valence-corrected chi connectivity index (χ0v) is 17.0. The van der Waals surface area contributed by atoms with E-state index < -0.39 is 5.82 Å². The number of thiazole rings is 1. The predicted octanol–water partition coefficient (Wildman–Crippen LogP) is 3.33. The summed E-state index contributed by atoms with van der Waals surface area (Å²) in [5, 5.41) is 9.40. The van der Waals surface area contributed by atoms with Gasteiger partial charge in [-0.1, -0.05) is 12.1 Å². The van der Waals surface area contributed by atoms with Crippen LogP contribution in [-0.2, 0) is 11.3 Å². The van der Waals surface area contributed by atoms with Crippen LogP contribution < -0.4 is 5.32 Å². The minimum Gasteiger partial charge on any atom is -0.373 e. The van der Waals surface area contributed by atoms with Gasteiger partial charge in [0, 0.05) is 31.2 Å². The molecule has 2 atom stereocenters. The van der Waals surface area contributed by atoms with Crippen LogP contribution >= 0.6 is 11.3 Å². The molecule has 1 amide bonds. The molecular weight excluding hydrogens is 393 g/mol. The third-order valence-corrected chi connectivity index (χ3v) is 5.38. The van der Waals surface area contributed by atoms with E-state index in [4.69, 9.17) is 4.74 Å². The number of amides is 1. The summed E-state index contributed by atoms with van der Waals surface area (Å²) in [6.45, 7) is 6.56. The van der Waals surface area contributed by atoms with Gasteiger partial charge in [0.15, 0.2) is 10.8 Å². The van der Waals surface area contributed by atoms with E-state index in [9.17, 15) is 9.18 Å². The molecule has 1 aliphatic heterocycles. The average molecular weight is 415 g/mol. The minimum atomic E-state index is -0.404. The van der Waals surface area contributed by atoms with E-state index in [1.54, 1.807) is 30.5 Å². The smallest absolute Gasteiger partial charge is 0.277 e. The number of anilines is 1. The lowest BCUT2D eigenvalue weighted by atomic mass is 10.2. The Hall–Kier alpha value is -2.62.